The summed E-state index contributed by atoms with van der Waals surface area (Å²) in [4.78, 5) is 3.40. The van der Waals surface area contributed by atoms with Gasteiger partial charge in [0.25, 0.3) is 0 Å². The highest BCUT2D eigenvalue weighted by atomic mass is 32.2. The number of nitrogens with one attached hydrogen (secondary N) is 4. The van der Waals surface area contributed by atoms with Crippen LogP contribution in [-0.2, 0) is 18.9 Å². The number of aromatic amines is 4. The van der Waals surface area contributed by atoms with E-state index in [9.17, 15) is 61.3 Å². The van der Waals surface area contributed by atoms with E-state index in [1.165, 1.54) is 0 Å². The molecule has 0 amide bonds. The molecular weight excluding hydrogens is 1510 g/mol. The average Bonchev–Trinajstić information content (AvgIpc) is 1.51. The Morgan fingerprint density at radius 1 is 0.240 bits per heavy atom. The third-order valence-corrected chi connectivity index (χ3v) is 22.5. The average molecular weight is 1560 g/mol. The van der Waals surface area contributed by atoms with E-state index in [0.717, 1.165) is 0 Å². The third-order valence-electron chi connectivity index (χ3n) is 17.5. The van der Waals surface area contributed by atoms with E-state index in [-0.39, 0.29) is 47.0 Å². The first kappa shape index (κ1) is 75.4. The highest BCUT2D eigenvalue weighted by Crippen LogP contribution is 2.46. The van der Waals surface area contributed by atoms with Crippen molar-refractivity contribution >= 4 is 69.3 Å². The predicted octanol–water partition coefficient (Wildman–Crippen LogP) is 2.65. The first-order valence-electron chi connectivity index (χ1n) is 30.3. The number of thioether (sulfide) groups is 4. The number of rotatable bonds is 12. The Labute approximate surface area is 586 Å². The minimum atomic E-state index is -2.38. The second kappa shape index (κ2) is 29.0. The summed E-state index contributed by atoms with van der Waals surface area (Å²) >= 11 is -0.974. The Morgan fingerprint density at radius 3 is 0.587 bits per heavy atom. The summed E-state index contributed by atoms with van der Waals surface area (Å²) in [5, 5.41) is 120. The molecule has 8 bridgehead atoms. The fraction of sp³-hybridized carbons (Fsp3) is 0.312. The molecule has 0 aliphatic carbocycles. The van der Waals surface area contributed by atoms with Gasteiger partial charge in [-0.1, -0.05) is 47.0 Å². The van der Waals surface area contributed by atoms with Crippen LogP contribution in [-0.4, -0.2) is 203 Å². The number of aliphatic hydroxyl groups excluding tert-OH is 12. The summed E-state index contributed by atoms with van der Waals surface area (Å²) in [5.74, 6) is -37.5. The van der Waals surface area contributed by atoms with Crippen LogP contribution in [0.4, 0.5) is 70.2 Å². The minimum Gasteiger partial charge on any atom is -0.388 e. The van der Waals surface area contributed by atoms with Gasteiger partial charge in [-0.05, 0) is 48.5 Å². The molecule has 16 atom stereocenters. The molecule has 0 radical (unpaired) electrons. The summed E-state index contributed by atoms with van der Waals surface area (Å²) in [6, 6.07) is 5.67. The van der Waals surface area contributed by atoms with Crippen molar-refractivity contribution in [1.29, 1.82) is 0 Å². The first-order chi connectivity index (χ1) is 49.2. The lowest BCUT2D eigenvalue weighted by Gasteiger charge is -2.34. The maximum absolute atomic E-state index is 17.4. The van der Waals surface area contributed by atoms with E-state index < -0.39 is 323 Å². The Morgan fingerprint density at radius 2 is 0.413 bits per heavy atom. The van der Waals surface area contributed by atoms with Crippen LogP contribution in [0.15, 0.2) is 68.1 Å². The molecular formula is C64H48F16N4O16S4. The highest BCUT2D eigenvalue weighted by molar-refractivity contribution is 8.00. The van der Waals surface area contributed by atoms with Crippen LogP contribution >= 0.6 is 47.0 Å². The number of H-pyrrole nitrogens is 4. The van der Waals surface area contributed by atoms with Crippen molar-refractivity contribution in [2.24, 2.45) is 0 Å². The van der Waals surface area contributed by atoms with Crippen LogP contribution in [0.2, 0.25) is 0 Å². The van der Waals surface area contributed by atoms with Crippen molar-refractivity contribution in [3.8, 4) is 0 Å². The summed E-state index contributed by atoms with van der Waals surface area (Å²) in [7, 11) is 0. The maximum atomic E-state index is 17.4. The predicted molar refractivity (Wildman–Crippen MR) is 328 cm³/mol. The van der Waals surface area contributed by atoms with E-state index in [2.05, 4.69) is 19.9 Å². The van der Waals surface area contributed by atoms with Crippen LogP contribution in [0.25, 0.3) is 22.3 Å². The zero-order valence-corrected chi connectivity index (χ0v) is 54.6. The van der Waals surface area contributed by atoms with Crippen LogP contribution in [0.5, 0.6) is 0 Å². The Balaban J connectivity index is 1.12. The number of aliphatic hydroxyl groups is 12. The quantitative estimate of drug-likeness (QED) is 0.0617. The van der Waals surface area contributed by atoms with Gasteiger partial charge in [-0.2, -0.15) is 0 Å². The lowest BCUT2D eigenvalue weighted by atomic mass is 10.0. The lowest BCUT2D eigenvalue weighted by molar-refractivity contribution is -0.161. The van der Waals surface area contributed by atoms with E-state index in [1.54, 1.807) is 0 Å². The smallest absolute Gasteiger partial charge is 0.176 e. The topological polar surface area (TPSA) is 343 Å². The Hall–Kier alpha value is -6.88. The van der Waals surface area contributed by atoms with E-state index in [1.807, 2.05) is 0 Å². The van der Waals surface area contributed by atoms with Crippen LogP contribution in [0.1, 0.15) is 45.0 Å². The standard InChI is InChI=1S/C64H48F16N4O16S4/c65-33-29(34(66)42(74)57(41(33)73)101-61-53(93)49(89)21(85)9-97-61)25-13-1-2-14(81-13)26(30-35(67)43(75)58(44(76)36(30)68)102-62-54(94)50(90)22(86)10-98-62)16-5-6-18(83-16)28(32-39(71)47(79)60(48(80)40(32)72)104-64-56(96)52(92)24(88)12-100-64)20-8-7-19(84-20)27(17-4-3-15(25)82-17)31-37(69)45(77)59(46(78)38(31)70)103-63-55(95)51(91)23(87)11-99-63/h1-8,21-24,49-56,61-64,81-96H,9-12H2/t21-,22-,23-,24-,49+,50+,51+,52+,53-,54-,55-,56-,61+,62+,63+,64+/m1/s1. The second-order valence-electron chi connectivity index (χ2n) is 24.0. The minimum absolute atomic E-state index is 0.243. The van der Waals surface area contributed by atoms with Gasteiger partial charge in [-0.15, -0.1) is 0 Å². The molecule has 40 heteroatoms. The fourth-order valence-electron chi connectivity index (χ4n) is 12.1. The van der Waals surface area contributed by atoms with E-state index in [0.29, 0.717) is 48.5 Å². The molecule has 556 valence electrons. The summed E-state index contributed by atoms with van der Waals surface area (Å²) in [6.07, 6.45) is -24.1. The van der Waals surface area contributed by atoms with Crippen molar-refractivity contribution < 1.29 is 150 Å². The second-order valence-corrected chi connectivity index (χ2v) is 28.4. The van der Waals surface area contributed by atoms with Crippen molar-refractivity contribution in [2.45, 2.75) is 115 Å². The van der Waals surface area contributed by atoms with Crippen molar-refractivity contribution in [3.05, 3.63) is 208 Å². The monoisotopic (exact) mass is 1560 g/mol. The molecule has 4 fully saturated rings. The van der Waals surface area contributed by atoms with Crippen molar-refractivity contribution in [3.63, 3.8) is 0 Å². The Kier molecular flexibility index (Phi) is 21.0. The SMILES string of the molecule is O[C@@H]1[C@@H](O)[C@H](Sc2c(F)c(F)c(C3=c4ccc([nH]4)=C(c4c(F)c(F)c(S[C@@H]5OC[C@@H](O)[C@H](O)[C@H]5O)c(F)c4F)c4ccc([nH]4)C(c4c(F)c(F)c(S[C@@H]5OC[C@@H](O)[C@H](O)[C@H]5O)c(F)c4F)=c4ccc([nH]4)=C(c4c(F)c(F)c(S[C@@H]5OC[C@@H](O)[C@H](O)[C@H]5O)c(F)c4F)c4ccc3[nH]4)c(F)c2F)OC[C@H]1O. The van der Waals surface area contributed by atoms with Crippen molar-refractivity contribution in [2.75, 3.05) is 26.4 Å². The maximum Gasteiger partial charge on any atom is 0.176 e. The molecule has 104 heavy (non-hydrogen) atoms. The van der Waals surface area contributed by atoms with Gasteiger partial charge in [-0.3, -0.25) is 0 Å². The third kappa shape index (κ3) is 12.7. The molecule has 0 saturated carbocycles. The molecule has 4 aromatic carbocycles. The fourth-order valence-corrected chi connectivity index (χ4v) is 16.4. The zero-order valence-electron chi connectivity index (χ0n) is 51.4. The summed E-state index contributed by atoms with van der Waals surface area (Å²) in [5.41, 5.74) is -23.5. The molecule has 4 saturated heterocycles. The van der Waals surface area contributed by atoms with Gasteiger partial charge in [0, 0.05) is 66.5 Å². The molecule has 16 N–H and O–H groups in total. The summed E-state index contributed by atoms with van der Waals surface area (Å²) in [6.45, 7) is -3.21. The normalized spacial score (nSPS) is 27.6. The highest BCUT2D eigenvalue weighted by Gasteiger charge is 2.46. The van der Waals surface area contributed by atoms with Crippen LogP contribution in [0, 0.1) is 93.1 Å². The number of hydrogen-bond acceptors (Lipinski definition) is 20. The molecule has 9 heterocycles. The van der Waals surface area contributed by atoms with Gasteiger partial charge >= 0.3 is 0 Å². The van der Waals surface area contributed by atoms with Gasteiger partial charge in [0.2, 0.25) is 0 Å². The molecule has 13 rings (SSSR count). The number of fused-ring (bicyclic) bond motifs is 8. The van der Waals surface area contributed by atoms with Gasteiger partial charge in [0.1, 0.15) is 95.0 Å². The van der Waals surface area contributed by atoms with Crippen LogP contribution in [0.3, 0.4) is 0 Å². The van der Waals surface area contributed by atoms with Crippen LogP contribution < -0.4 is 21.4 Å². The van der Waals surface area contributed by atoms with Gasteiger partial charge in [0.15, 0.2) is 93.1 Å². The molecule has 5 aliphatic heterocycles. The molecule has 8 aromatic rings. The molecule has 0 unspecified atom stereocenters. The zero-order chi connectivity index (χ0) is 75.0. The number of aromatic nitrogens is 4. The molecule has 0 spiro atoms. The molecule has 5 aliphatic rings. The van der Waals surface area contributed by atoms with Gasteiger partial charge in [0.05, 0.1) is 68.3 Å². The number of ether oxygens (including phenoxy) is 4. The number of hydrogen-bond donors (Lipinski definition) is 16. The first-order valence-corrected chi connectivity index (χ1v) is 33.8. The number of halogens is 16. The van der Waals surface area contributed by atoms with E-state index >= 15 is 70.2 Å². The van der Waals surface area contributed by atoms with Crippen molar-refractivity contribution in [1.82, 2.24) is 19.9 Å². The van der Waals surface area contributed by atoms with Gasteiger partial charge in [-0.25, -0.2) is 70.2 Å². The summed E-state index contributed by atoms with van der Waals surface area (Å²) < 4.78 is 295. The Bertz CT molecular complexity index is 4330. The number of benzene rings is 4. The lowest BCUT2D eigenvalue weighted by Crippen LogP contribution is -2.51. The van der Waals surface area contributed by atoms with E-state index in [4.69, 9.17) is 18.9 Å². The molecule has 4 aromatic heterocycles. The largest absolute Gasteiger partial charge is 0.388 e. The van der Waals surface area contributed by atoms with Gasteiger partial charge < -0.3 is 100 Å². The molecule has 20 nitrogen and oxygen atoms in total.